The van der Waals surface area contributed by atoms with Crippen molar-refractivity contribution in [1.29, 1.82) is 0 Å². The van der Waals surface area contributed by atoms with Crippen LogP contribution in [-0.2, 0) is 6.42 Å². The van der Waals surface area contributed by atoms with E-state index in [-0.39, 0.29) is 5.54 Å². The molecule has 1 N–H and O–H groups in total. The summed E-state index contributed by atoms with van der Waals surface area (Å²) in [6, 6.07) is 3.75. The molecule has 102 valence electrons. The molecule has 0 saturated carbocycles. The van der Waals surface area contributed by atoms with Crippen LogP contribution in [0.5, 0.6) is 0 Å². The van der Waals surface area contributed by atoms with Crippen LogP contribution in [0.15, 0.2) is 30.7 Å². The molecule has 0 atom stereocenters. The fraction of sp³-hybridized carbons (Fsp3) is 0.500. The van der Waals surface area contributed by atoms with Crippen molar-refractivity contribution in [3.05, 3.63) is 36.3 Å². The Morgan fingerprint density at radius 2 is 2.16 bits per heavy atom. The van der Waals surface area contributed by atoms with Gasteiger partial charge in [-0.25, -0.2) is 4.68 Å². The van der Waals surface area contributed by atoms with Gasteiger partial charge in [-0.3, -0.25) is 0 Å². The van der Waals surface area contributed by atoms with Gasteiger partial charge in [0, 0.05) is 17.9 Å². The van der Waals surface area contributed by atoms with Crippen molar-refractivity contribution in [3.63, 3.8) is 0 Å². The van der Waals surface area contributed by atoms with Gasteiger partial charge in [0.25, 0.3) is 0 Å². The van der Waals surface area contributed by atoms with Crippen LogP contribution in [0.4, 0.5) is 0 Å². The van der Waals surface area contributed by atoms with E-state index >= 15 is 0 Å². The Morgan fingerprint density at radius 1 is 1.32 bits per heavy atom. The summed E-state index contributed by atoms with van der Waals surface area (Å²) in [5.41, 5.74) is 1.41. The topological polar surface area (TPSA) is 55.6 Å². The van der Waals surface area contributed by atoms with E-state index in [0.29, 0.717) is 0 Å². The zero-order valence-electron chi connectivity index (χ0n) is 11.8. The second kappa shape index (κ2) is 5.93. The van der Waals surface area contributed by atoms with E-state index in [4.69, 9.17) is 0 Å². The van der Waals surface area contributed by atoms with Crippen molar-refractivity contribution in [2.24, 2.45) is 0 Å². The fourth-order valence-electron chi connectivity index (χ4n) is 1.79. The predicted molar refractivity (Wildman–Crippen MR) is 75.2 cm³/mol. The maximum absolute atomic E-state index is 4.31. The third-order valence-corrected chi connectivity index (χ3v) is 2.73. The molecule has 0 radical (unpaired) electrons. The molecule has 2 aromatic rings. The number of rotatable bonds is 5. The van der Waals surface area contributed by atoms with Crippen LogP contribution in [0.1, 0.15) is 32.8 Å². The molecule has 19 heavy (non-hydrogen) atoms. The van der Waals surface area contributed by atoms with Gasteiger partial charge in [-0.05, 0) is 57.9 Å². The molecule has 5 heteroatoms. The molecule has 5 nitrogen and oxygen atoms in total. The second-order valence-corrected chi connectivity index (χ2v) is 5.66. The largest absolute Gasteiger partial charge is 0.312 e. The van der Waals surface area contributed by atoms with Gasteiger partial charge in [0.15, 0.2) is 5.82 Å². The second-order valence-electron chi connectivity index (χ2n) is 5.66. The summed E-state index contributed by atoms with van der Waals surface area (Å²) in [4.78, 5) is 0. The zero-order chi connectivity index (χ0) is 13.7. The highest BCUT2D eigenvalue weighted by atomic mass is 15.3. The number of hydrogen-bond acceptors (Lipinski definition) is 4. The first kappa shape index (κ1) is 13.7. The van der Waals surface area contributed by atoms with E-state index in [1.165, 1.54) is 5.56 Å². The normalized spacial score (nSPS) is 11.7. The van der Waals surface area contributed by atoms with E-state index < -0.39 is 0 Å². The van der Waals surface area contributed by atoms with Crippen molar-refractivity contribution in [2.75, 3.05) is 6.54 Å². The van der Waals surface area contributed by atoms with E-state index in [9.17, 15) is 0 Å². The van der Waals surface area contributed by atoms with Crippen LogP contribution in [-0.4, -0.2) is 32.1 Å². The van der Waals surface area contributed by atoms with Gasteiger partial charge in [0.1, 0.15) is 0 Å². The highest BCUT2D eigenvalue weighted by Gasteiger charge is 2.07. The molecule has 2 rings (SSSR count). The van der Waals surface area contributed by atoms with Crippen LogP contribution < -0.4 is 5.32 Å². The maximum Gasteiger partial charge on any atom is 0.175 e. The Morgan fingerprint density at radius 3 is 2.84 bits per heavy atom. The fourth-order valence-corrected chi connectivity index (χ4v) is 1.79. The lowest BCUT2D eigenvalue weighted by Gasteiger charge is -2.20. The van der Waals surface area contributed by atoms with Crippen molar-refractivity contribution in [1.82, 2.24) is 25.3 Å². The molecular weight excluding hydrogens is 238 g/mol. The molecule has 0 saturated heterocycles. The summed E-state index contributed by atoms with van der Waals surface area (Å²) in [6.07, 6.45) is 7.69. The highest BCUT2D eigenvalue weighted by Crippen LogP contribution is 2.06. The molecular formula is C14H21N5. The minimum Gasteiger partial charge on any atom is -0.312 e. The first-order valence-corrected chi connectivity index (χ1v) is 6.61. The molecule has 0 aliphatic rings. The molecule has 0 aliphatic carbocycles. The Kier molecular flexibility index (Phi) is 4.27. The molecule has 0 spiro atoms. The average molecular weight is 259 g/mol. The number of nitrogens with zero attached hydrogens (tertiary/aromatic N) is 4. The van der Waals surface area contributed by atoms with Crippen LogP contribution in [0.2, 0.25) is 0 Å². The lowest BCUT2D eigenvalue weighted by atomic mass is 10.1. The number of aromatic nitrogens is 4. The van der Waals surface area contributed by atoms with Crippen LogP contribution >= 0.6 is 0 Å². The zero-order valence-corrected chi connectivity index (χ0v) is 11.8. The lowest BCUT2D eigenvalue weighted by molar-refractivity contribution is 0.422. The Balaban J connectivity index is 1.85. The summed E-state index contributed by atoms with van der Waals surface area (Å²) in [7, 11) is 0. The SMILES string of the molecule is CC(C)(C)NCCCc1cnn(-c2cccnn2)c1. The summed E-state index contributed by atoms with van der Waals surface area (Å²) in [5, 5.41) is 15.7. The van der Waals surface area contributed by atoms with Gasteiger partial charge in [0.05, 0.1) is 6.20 Å². The van der Waals surface area contributed by atoms with Gasteiger partial charge in [-0.15, -0.1) is 5.10 Å². The monoisotopic (exact) mass is 259 g/mol. The molecule has 0 aromatic carbocycles. The average Bonchev–Trinajstić information content (AvgIpc) is 2.83. The van der Waals surface area contributed by atoms with Gasteiger partial charge in [-0.1, -0.05) is 0 Å². The molecule has 0 fully saturated rings. The number of hydrogen-bond donors (Lipinski definition) is 1. The summed E-state index contributed by atoms with van der Waals surface area (Å²) in [5.74, 6) is 0.751. The van der Waals surface area contributed by atoms with Crippen LogP contribution in [0.25, 0.3) is 5.82 Å². The predicted octanol–water partition coefficient (Wildman–Crippen LogP) is 1.98. The molecule has 0 amide bonds. The third-order valence-electron chi connectivity index (χ3n) is 2.73. The van der Waals surface area contributed by atoms with E-state index in [1.807, 2.05) is 24.5 Å². The summed E-state index contributed by atoms with van der Waals surface area (Å²) in [6.45, 7) is 7.55. The summed E-state index contributed by atoms with van der Waals surface area (Å²) >= 11 is 0. The van der Waals surface area contributed by atoms with Crippen molar-refractivity contribution >= 4 is 0 Å². The molecule has 0 bridgehead atoms. The molecule has 2 aromatic heterocycles. The van der Waals surface area contributed by atoms with Crippen molar-refractivity contribution < 1.29 is 0 Å². The Bertz CT molecular complexity index is 498. The highest BCUT2D eigenvalue weighted by molar-refractivity contribution is 5.20. The lowest BCUT2D eigenvalue weighted by Crippen LogP contribution is -2.36. The minimum atomic E-state index is 0.184. The van der Waals surface area contributed by atoms with Crippen LogP contribution in [0, 0.1) is 0 Å². The van der Waals surface area contributed by atoms with Gasteiger partial charge in [0.2, 0.25) is 0 Å². The van der Waals surface area contributed by atoms with E-state index in [0.717, 1.165) is 25.2 Å². The Hall–Kier alpha value is -1.75. The third kappa shape index (κ3) is 4.44. The molecule has 0 aliphatic heterocycles. The van der Waals surface area contributed by atoms with Gasteiger partial charge in [-0.2, -0.15) is 10.2 Å². The maximum atomic E-state index is 4.31. The van der Waals surface area contributed by atoms with Crippen molar-refractivity contribution in [2.45, 2.75) is 39.2 Å². The smallest absolute Gasteiger partial charge is 0.175 e. The first-order valence-electron chi connectivity index (χ1n) is 6.61. The number of nitrogens with one attached hydrogen (secondary N) is 1. The quantitative estimate of drug-likeness (QED) is 0.834. The van der Waals surface area contributed by atoms with Gasteiger partial charge >= 0.3 is 0 Å². The van der Waals surface area contributed by atoms with Gasteiger partial charge < -0.3 is 5.32 Å². The molecule has 0 unspecified atom stereocenters. The first-order chi connectivity index (χ1) is 9.04. The Labute approximate surface area is 114 Å². The van der Waals surface area contributed by atoms with Crippen molar-refractivity contribution in [3.8, 4) is 5.82 Å². The summed E-state index contributed by atoms with van der Waals surface area (Å²) < 4.78 is 1.76. The molecule has 2 heterocycles. The van der Waals surface area contributed by atoms with Crippen LogP contribution in [0.3, 0.4) is 0 Å². The van der Waals surface area contributed by atoms with E-state index in [1.54, 1.807) is 10.9 Å². The number of aryl methyl sites for hydroxylation is 1. The minimum absolute atomic E-state index is 0.184. The standard InChI is InChI=1S/C14H21N5/c1-14(2,3)15-8-4-6-12-10-17-19(11-12)13-7-5-9-16-18-13/h5,7,9-11,15H,4,6,8H2,1-3H3. The van der Waals surface area contributed by atoms with E-state index in [2.05, 4.69) is 41.4 Å².